The third-order valence-electron chi connectivity index (χ3n) is 4.96. The summed E-state index contributed by atoms with van der Waals surface area (Å²) in [4.78, 5) is 14.2. The molecule has 1 saturated carbocycles. The molecule has 1 N–H and O–H groups in total. The van der Waals surface area contributed by atoms with Crippen LogP contribution in [0.1, 0.15) is 37.7 Å². The smallest absolute Gasteiger partial charge is 0.246 e. The summed E-state index contributed by atoms with van der Waals surface area (Å²) in [5, 5.41) is 10.6. The van der Waals surface area contributed by atoms with Crippen molar-refractivity contribution in [3.8, 4) is 0 Å². The average molecular weight is 285 g/mol. The zero-order valence-corrected chi connectivity index (χ0v) is 12.4. The predicted molar refractivity (Wildman–Crippen MR) is 83.6 cm³/mol. The van der Waals surface area contributed by atoms with Crippen LogP contribution in [0.5, 0.6) is 0 Å². The van der Waals surface area contributed by atoms with Gasteiger partial charge in [-0.15, -0.1) is 0 Å². The number of hydrogen-bond acceptors (Lipinski definition) is 2. The van der Waals surface area contributed by atoms with Crippen LogP contribution in [0, 0.1) is 5.92 Å². The van der Waals surface area contributed by atoms with E-state index in [2.05, 4.69) is 0 Å². The molecule has 1 aromatic carbocycles. The monoisotopic (exact) mass is 285 g/mol. The number of aliphatic hydroxyl groups is 1. The van der Waals surface area contributed by atoms with Crippen LogP contribution < -0.4 is 0 Å². The van der Waals surface area contributed by atoms with Crippen LogP contribution in [0.4, 0.5) is 0 Å². The molecule has 2 fully saturated rings. The lowest BCUT2D eigenvalue weighted by Crippen LogP contribution is -2.54. The first-order valence-electron chi connectivity index (χ1n) is 7.92. The van der Waals surface area contributed by atoms with Crippen LogP contribution in [0.25, 0.3) is 6.08 Å². The lowest BCUT2D eigenvalue weighted by Gasteiger charge is -2.47. The van der Waals surface area contributed by atoms with E-state index in [1.807, 2.05) is 41.3 Å². The summed E-state index contributed by atoms with van der Waals surface area (Å²) in [6, 6.07) is 9.87. The molecule has 2 atom stereocenters. The molecule has 0 unspecified atom stereocenters. The summed E-state index contributed by atoms with van der Waals surface area (Å²) in [6.07, 6.45) is 8.49. The average Bonchev–Trinajstić information content (AvgIpc) is 2.52. The van der Waals surface area contributed by atoms with Gasteiger partial charge in [-0.3, -0.25) is 4.79 Å². The molecule has 0 aromatic heterocycles. The van der Waals surface area contributed by atoms with E-state index >= 15 is 0 Å². The number of carbonyl (C=O) groups is 1. The number of benzene rings is 1. The molecule has 3 rings (SSSR count). The van der Waals surface area contributed by atoms with Gasteiger partial charge in [0.25, 0.3) is 0 Å². The molecule has 21 heavy (non-hydrogen) atoms. The molecule has 3 nitrogen and oxygen atoms in total. The molecule has 1 amide bonds. The second-order valence-electron chi connectivity index (χ2n) is 6.32. The topological polar surface area (TPSA) is 40.5 Å². The minimum atomic E-state index is -0.516. The van der Waals surface area contributed by atoms with E-state index in [1.165, 1.54) is 6.42 Å². The molecule has 1 aliphatic heterocycles. The fraction of sp³-hybridized carbons (Fsp3) is 0.500. The Morgan fingerprint density at radius 2 is 2.05 bits per heavy atom. The van der Waals surface area contributed by atoms with Crippen LogP contribution >= 0.6 is 0 Å². The van der Waals surface area contributed by atoms with Crippen molar-refractivity contribution in [2.75, 3.05) is 13.1 Å². The Balaban J connectivity index is 1.62. The van der Waals surface area contributed by atoms with Gasteiger partial charge in [0.1, 0.15) is 0 Å². The van der Waals surface area contributed by atoms with Crippen molar-refractivity contribution in [1.29, 1.82) is 0 Å². The van der Waals surface area contributed by atoms with Crippen LogP contribution in [0.3, 0.4) is 0 Å². The Hall–Kier alpha value is -1.61. The fourth-order valence-corrected chi connectivity index (χ4v) is 3.61. The van der Waals surface area contributed by atoms with Crippen molar-refractivity contribution in [2.45, 2.75) is 37.7 Å². The number of carbonyl (C=O) groups excluding carboxylic acids is 1. The molecule has 0 bridgehead atoms. The van der Waals surface area contributed by atoms with Gasteiger partial charge in [-0.2, -0.15) is 0 Å². The molecule has 112 valence electrons. The van der Waals surface area contributed by atoms with Crippen LogP contribution in [0.15, 0.2) is 36.4 Å². The summed E-state index contributed by atoms with van der Waals surface area (Å²) >= 11 is 0. The van der Waals surface area contributed by atoms with Gasteiger partial charge in [-0.1, -0.05) is 43.2 Å². The maximum Gasteiger partial charge on any atom is 0.246 e. The maximum atomic E-state index is 12.3. The molecule has 0 radical (unpaired) electrons. The molecule has 1 aliphatic carbocycles. The molecule has 1 saturated heterocycles. The summed E-state index contributed by atoms with van der Waals surface area (Å²) in [7, 11) is 0. The summed E-state index contributed by atoms with van der Waals surface area (Å²) in [6.45, 7) is 1.37. The van der Waals surface area contributed by atoms with Gasteiger partial charge in [0.2, 0.25) is 5.91 Å². The van der Waals surface area contributed by atoms with E-state index in [4.69, 9.17) is 0 Å². The van der Waals surface area contributed by atoms with E-state index in [9.17, 15) is 9.90 Å². The van der Waals surface area contributed by atoms with Gasteiger partial charge in [-0.05, 0) is 30.9 Å². The Bertz CT molecular complexity index is 525. The zero-order chi connectivity index (χ0) is 14.7. The highest BCUT2D eigenvalue weighted by molar-refractivity contribution is 5.91. The van der Waals surface area contributed by atoms with Crippen molar-refractivity contribution in [3.05, 3.63) is 42.0 Å². The van der Waals surface area contributed by atoms with Crippen LogP contribution in [-0.4, -0.2) is 34.6 Å². The Labute approximate surface area is 126 Å². The highest BCUT2D eigenvalue weighted by Crippen LogP contribution is 2.39. The lowest BCUT2D eigenvalue weighted by atomic mass is 9.71. The number of likely N-dealkylation sites (tertiary alicyclic amines) is 1. The Morgan fingerprint density at radius 3 is 2.86 bits per heavy atom. The van der Waals surface area contributed by atoms with Gasteiger partial charge >= 0.3 is 0 Å². The van der Waals surface area contributed by atoms with Gasteiger partial charge in [0.05, 0.1) is 5.60 Å². The zero-order valence-electron chi connectivity index (χ0n) is 12.4. The van der Waals surface area contributed by atoms with Crippen molar-refractivity contribution >= 4 is 12.0 Å². The Morgan fingerprint density at radius 1 is 1.24 bits per heavy atom. The lowest BCUT2D eigenvalue weighted by molar-refractivity contribution is -0.138. The Kier molecular flexibility index (Phi) is 4.11. The molecule has 0 spiro atoms. The van der Waals surface area contributed by atoms with E-state index in [0.717, 1.165) is 31.2 Å². The van der Waals surface area contributed by atoms with Crippen molar-refractivity contribution < 1.29 is 9.90 Å². The van der Waals surface area contributed by atoms with E-state index in [1.54, 1.807) is 6.08 Å². The van der Waals surface area contributed by atoms with Crippen LogP contribution in [0.2, 0.25) is 0 Å². The number of fused-ring (bicyclic) bond motifs is 1. The summed E-state index contributed by atoms with van der Waals surface area (Å²) in [5.41, 5.74) is 0.523. The first kappa shape index (κ1) is 14.3. The molecule has 1 aromatic rings. The molecule has 2 aliphatic rings. The van der Waals surface area contributed by atoms with Gasteiger partial charge in [0.15, 0.2) is 0 Å². The minimum absolute atomic E-state index is 0.0616. The van der Waals surface area contributed by atoms with Crippen molar-refractivity contribution in [3.63, 3.8) is 0 Å². The van der Waals surface area contributed by atoms with Gasteiger partial charge < -0.3 is 10.0 Å². The minimum Gasteiger partial charge on any atom is -0.389 e. The molecular formula is C18H23NO2. The maximum absolute atomic E-state index is 12.3. The first-order valence-corrected chi connectivity index (χ1v) is 7.92. The van der Waals surface area contributed by atoms with E-state index < -0.39 is 5.60 Å². The number of rotatable bonds is 2. The summed E-state index contributed by atoms with van der Waals surface area (Å²) in [5.74, 6) is 0.320. The van der Waals surface area contributed by atoms with Crippen LogP contribution in [-0.2, 0) is 4.79 Å². The quantitative estimate of drug-likeness (QED) is 0.849. The van der Waals surface area contributed by atoms with Gasteiger partial charge in [0, 0.05) is 25.1 Å². The molecule has 1 heterocycles. The standard InChI is InChI=1S/C18H23NO2/c20-17(10-9-15-6-2-1-3-7-15)19-13-12-18(21)11-5-4-8-16(18)14-19/h1-3,6-7,9-10,16,21H,4-5,8,11-14H2/b10-9+/t16-,18-/m1/s1. The first-order chi connectivity index (χ1) is 10.2. The fourth-order valence-electron chi connectivity index (χ4n) is 3.61. The van der Waals surface area contributed by atoms with Crippen molar-refractivity contribution in [2.24, 2.45) is 5.92 Å². The van der Waals surface area contributed by atoms with Crippen molar-refractivity contribution in [1.82, 2.24) is 4.90 Å². The third kappa shape index (κ3) is 3.18. The highest BCUT2D eigenvalue weighted by atomic mass is 16.3. The number of amides is 1. The van der Waals surface area contributed by atoms with E-state index in [-0.39, 0.29) is 11.8 Å². The predicted octanol–water partition coefficient (Wildman–Crippen LogP) is 2.85. The van der Waals surface area contributed by atoms with E-state index in [0.29, 0.717) is 13.1 Å². The normalized spacial score (nSPS) is 29.4. The highest BCUT2D eigenvalue weighted by Gasteiger charge is 2.43. The summed E-state index contributed by atoms with van der Waals surface area (Å²) < 4.78 is 0. The molecular weight excluding hydrogens is 262 g/mol. The largest absolute Gasteiger partial charge is 0.389 e. The second-order valence-corrected chi connectivity index (χ2v) is 6.32. The SMILES string of the molecule is O=C(/C=C/c1ccccc1)N1CC[C@]2(O)CCCC[C@@H]2C1. The molecule has 3 heteroatoms. The number of nitrogens with zero attached hydrogens (tertiary/aromatic N) is 1. The number of piperidine rings is 1. The number of hydrogen-bond donors (Lipinski definition) is 1. The van der Waals surface area contributed by atoms with Gasteiger partial charge in [-0.25, -0.2) is 0 Å². The third-order valence-corrected chi connectivity index (χ3v) is 4.96. The second kappa shape index (κ2) is 6.02.